The molecule has 21 heavy (non-hydrogen) atoms. The van der Waals surface area contributed by atoms with Crippen molar-refractivity contribution in [3.63, 3.8) is 0 Å². The number of carbonyl (C=O) groups is 1. The molecule has 2 atom stereocenters. The van der Waals surface area contributed by atoms with Crippen LogP contribution in [0.25, 0.3) is 0 Å². The molecule has 1 aliphatic heterocycles. The summed E-state index contributed by atoms with van der Waals surface area (Å²) in [7, 11) is -4.03. The van der Waals surface area contributed by atoms with Gasteiger partial charge in [0.15, 0.2) is 5.03 Å². The Labute approximate surface area is 123 Å². The average Bonchev–Trinajstić information content (AvgIpc) is 2.95. The highest BCUT2D eigenvalue weighted by Crippen LogP contribution is 2.26. The van der Waals surface area contributed by atoms with Gasteiger partial charge >= 0.3 is 5.97 Å². The summed E-state index contributed by atoms with van der Waals surface area (Å²) < 4.78 is 27.6. The summed E-state index contributed by atoms with van der Waals surface area (Å²) in [5.41, 5.74) is 0. The van der Waals surface area contributed by atoms with E-state index in [1.54, 1.807) is 11.5 Å². The van der Waals surface area contributed by atoms with Gasteiger partial charge in [0.25, 0.3) is 10.0 Å². The number of aromatic nitrogens is 2. The number of nitrogens with zero attached hydrogens (tertiary/aromatic N) is 3. The van der Waals surface area contributed by atoms with E-state index in [2.05, 4.69) is 4.98 Å². The van der Waals surface area contributed by atoms with Gasteiger partial charge in [0.2, 0.25) is 0 Å². The first kappa shape index (κ1) is 15.9. The van der Waals surface area contributed by atoms with Crippen LogP contribution >= 0.6 is 0 Å². The van der Waals surface area contributed by atoms with Crippen molar-refractivity contribution in [1.29, 1.82) is 0 Å². The van der Waals surface area contributed by atoms with E-state index >= 15 is 0 Å². The zero-order valence-electron chi connectivity index (χ0n) is 11.9. The molecule has 1 fully saturated rings. The molecule has 2 rings (SSSR count). The van der Waals surface area contributed by atoms with Crippen molar-refractivity contribution in [2.75, 3.05) is 6.54 Å². The molecule has 9 heteroatoms. The fourth-order valence-corrected chi connectivity index (χ4v) is 4.09. The first-order chi connectivity index (χ1) is 9.77. The normalized spacial score (nSPS) is 23.6. The minimum Gasteiger partial charge on any atom is -0.480 e. The van der Waals surface area contributed by atoms with Crippen LogP contribution < -0.4 is 0 Å². The van der Waals surface area contributed by atoms with E-state index in [9.17, 15) is 18.3 Å². The molecule has 1 saturated heterocycles. The Morgan fingerprint density at radius 2 is 2.19 bits per heavy atom. The molecule has 0 saturated carbocycles. The number of aliphatic hydroxyl groups is 1. The van der Waals surface area contributed by atoms with Gasteiger partial charge in [-0.15, -0.1) is 0 Å². The maximum absolute atomic E-state index is 12.5. The van der Waals surface area contributed by atoms with Crippen LogP contribution in [0.1, 0.15) is 25.6 Å². The van der Waals surface area contributed by atoms with Crippen LogP contribution in [0.3, 0.4) is 0 Å². The Hall–Kier alpha value is -1.45. The summed E-state index contributed by atoms with van der Waals surface area (Å²) in [6.45, 7) is 4.07. The van der Waals surface area contributed by atoms with Gasteiger partial charge in [-0.2, -0.15) is 4.31 Å². The average molecular weight is 317 g/mol. The molecule has 2 unspecified atom stereocenters. The third-order valence-corrected chi connectivity index (χ3v) is 5.26. The van der Waals surface area contributed by atoms with Crippen molar-refractivity contribution in [2.45, 2.75) is 50.4 Å². The van der Waals surface area contributed by atoms with Crippen molar-refractivity contribution in [3.05, 3.63) is 12.0 Å². The fraction of sp³-hybridized carbons (Fsp3) is 0.667. The molecule has 118 valence electrons. The lowest BCUT2D eigenvalue weighted by Crippen LogP contribution is -2.40. The van der Waals surface area contributed by atoms with Crippen LogP contribution in [0.5, 0.6) is 0 Å². The van der Waals surface area contributed by atoms with Gasteiger partial charge in [-0.25, -0.2) is 13.4 Å². The van der Waals surface area contributed by atoms with E-state index < -0.39 is 28.1 Å². The standard InChI is InChI=1S/C12H19N3O5S/c1-3-4-14-7-11(13-8(14)2)21(19,20)15-6-9(16)5-10(15)12(17)18/h7,9-10,16H,3-6H2,1-2H3,(H,17,18). The number of aliphatic carboxylic acids is 1. The lowest BCUT2D eigenvalue weighted by molar-refractivity contribution is -0.140. The minimum absolute atomic E-state index is 0.108. The van der Waals surface area contributed by atoms with Crippen LogP contribution in [-0.4, -0.2) is 57.1 Å². The number of carboxylic acids is 1. The molecule has 0 aliphatic carbocycles. The van der Waals surface area contributed by atoms with Crippen LogP contribution in [0, 0.1) is 6.92 Å². The Morgan fingerprint density at radius 1 is 1.52 bits per heavy atom. The smallest absolute Gasteiger partial charge is 0.322 e. The van der Waals surface area contributed by atoms with Crippen molar-refractivity contribution in [3.8, 4) is 0 Å². The highest BCUT2D eigenvalue weighted by atomic mass is 32.2. The Morgan fingerprint density at radius 3 is 2.76 bits per heavy atom. The lowest BCUT2D eigenvalue weighted by Gasteiger charge is -2.19. The molecule has 0 amide bonds. The van der Waals surface area contributed by atoms with E-state index in [4.69, 9.17) is 5.11 Å². The number of aliphatic hydroxyl groups excluding tert-OH is 1. The third kappa shape index (κ3) is 2.94. The molecule has 1 aromatic rings. The van der Waals surface area contributed by atoms with Gasteiger partial charge in [0, 0.05) is 25.7 Å². The van der Waals surface area contributed by atoms with Gasteiger partial charge in [-0.3, -0.25) is 4.79 Å². The summed E-state index contributed by atoms with van der Waals surface area (Å²) in [5, 5.41) is 18.5. The molecule has 2 N–H and O–H groups in total. The van der Waals surface area contributed by atoms with Gasteiger partial charge < -0.3 is 14.8 Å². The number of hydrogen-bond donors (Lipinski definition) is 2. The fourth-order valence-electron chi connectivity index (χ4n) is 2.47. The molecular weight excluding hydrogens is 298 g/mol. The van der Waals surface area contributed by atoms with Crippen molar-refractivity contribution in [2.24, 2.45) is 0 Å². The molecular formula is C12H19N3O5S. The van der Waals surface area contributed by atoms with Gasteiger partial charge in [0.1, 0.15) is 11.9 Å². The largest absolute Gasteiger partial charge is 0.480 e. The summed E-state index contributed by atoms with van der Waals surface area (Å²) in [4.78, 5) is 15.2. The quantitative estimate of drug-likeness (QED) is 0.778. The summed E-state index contributed by atoms with van der Waals surface area (Å²) >= 11 is 0. The maximum atomic E-state index is 12.5. The first-order valence-electron chi connectivity index (χ1n) is 6.73. The Kier molecular flexibility index (Phi) is 4.35. The van der Waals surface area contributed by atoms with E-state index in [1.807, 2.05) is 6.92 Å². The number of imidazole rings is 1. The monoisotopic (exact) mass is 317 g/mol. The second-order valence-electron chi connectivity index (χ2n) is 5.14. The molecule has 1 aromatic heterocycles. The van der Waals surface area contributed by atoms with Crippen LogP contribution in [0.4, 0.5) is 0 Å². The minimum atomic E-state index is -4.03. The van der Waals surface area contributed by atoms with Gasteiger partial charge in [0.05, 0.1) is 6.10 Å². The van der Waals surface area contributed by atoms with Crippen molar-refractivity contribution in [1.82, 2.24) is 13.9 Å². The van der Waals surface area contributed by atoms with Crippen molar-refractivity contribution < 1.29 is 23.4 Å². The predicted octanol–water partition coefficient (Wildman–Crippen LogP) is -0.190. The lowest BCUT2D eigenvalue weighted by atomic mass is 10.2. The van der Waals surface area contributed by atoms with E-state index in [1.165, 1.54) is 6.20 Å². The van der Waals surface area contributed by atoms with E-state index in [-0.39, 0.29) is 18.0 Å². The number of β-amino-alcohol motifs (C(OH)–C–C–N with tert-alkyl or cyclic N) is 1. The number of rotatable bonds is 5. The van der Waals surface area contributed by atoms with Crippen LogP contribution in [0.2, 0.25) is 0 Å². The Balaban J connectivity index is 2.37. The maximum Gasteiger partial charge on any atom is 0.322 e. The molecule has 0 spiro atoms. The summed E-state index contributed by atoms with van der Waals surface area (Å²) in [5.74, 6) is -0.707. The van der Waals surface area contributed by atoms with E-state index in [0.717, 1.165) is 10.7 Å². The molecule has 2 heterocycles. The molecule has 0 aromatic carbocycles. The highest BCUT2D eigenvalue weighted by molar-refractivity contribution is 7.89. The number of carboxylic acid groups (broad SMARTS) is 1. The second-order valence-corrected chi connectivity index (χ2v) is 6.98. The number of aryl methyl sites for hydroxylation is 2. The second kappa shape index (κ2) is 5.74. The highest BCUT2D eigenvalue weighted by Gasteiger charge is 2.44. The Bertz CT molecular complexity index is 639. The zero-order chi connectivity index (χ0) is 15.8. The van der Waals surface area contributed by atoms with Gasteiger partial charge in [-0.1, -0.05) is 6.92 Å². The van der Waals surface area contributed by atoms with E-state index in [0.29, 0.717) is 12.4 Å². The van der Waals surface area contributed by atoms with Crippen LogP contribution in [-0.2, 0) is 21.4 Å². The summed E-state index contributed by atoms with van der Waals surface area (Å²) in [6, 6.07) is -1.25. The van der Waals surface area contributed by atoms with Crippen LogP contribution in [0.15, 0.2) is 11.2 Å². The number of sulfonamides is 1. The molecule has 8 nitrogen and oxygen atoms in total. The molecule has 0 radical (unpaired) electrons. The van der Waals surface area contributed by atoms with Crippen molar-refractivity contribution >= 4 is 16.0 Å². The predicted molar refractivity (Wildman–Crippen MR) is 73.2 cm³/mol. The number of hydrogen-bond acceptors (Lipinski definition) is 5. The first-order valence-corrected chi connectivity index (χ1v) is 8.17. The SMILES string of the molecule is CCCn1cc(S(=O)(=O)N2CC(O)CC2C(=O)O)nc1C. The van der Waals surface area contributed by atoms with Gasteiger partial charge in [-0.05, 0) is 13.3 Å². The topological polar surface area (TPSA) is 113 Å². The molecule has 0 bridgehead atoms. The summed E-state index contributed by atoms with van der Waals surface area (Å²) in [6.07, 6.45) is 1.16. The zero-order valence-corrected chi connectivity index (χ0v) is 12.7. The third-order valence-electron chi connectivity index (χ3n) is 3.51. The molecule has 1 aliphatic rings.